The summed E-state index contributed by atoms with van der Waals surface area (Å²) in [4.78, 5) is 22.1. The number of rotatable bonds is 7. The fraction of sp³-hybridized carbons (Fsp3) is 0.667. The highest BCUT2D eigenvalue weighted by atomic mass is 19.3. The molecule has 104 valence electrons. The second-order valence-corrected chi connectivity index (χ2v) is 4.11. The second kappa shape index (κ2) is 7.08. The largest absolute Gasteiger partial charge is 0.462 e. The lowest BCUT2D eigenvalue weighted by molar-refractivity contribution is -0.167. The molecule has 0 spiro atoms. The van der Waals surface area contributed by atoms with Crippen LogP contribution < -0.4 is 0 Å². The zero-order chi connectivity index (χ0) is 14.3. The first-order valence-electron chi connectivity index (χ1n) is 5.54. The van der Waals surface area contributed by atoms with Gasteiger partial charge in [0.25, 0.3) is 5.92 Å². The topological polar surface area (TPSA) is 52.6 Å². The van der Waals surface area contributed by atoms with Crippen molar-refractivity contribution in [2.24, 2.45) is 0 Å². The summed E-state index contributed by atoms with van der Waals surface area (Å²) in [5.74, 6) is -4.35. The van der Waals surface area contributed by atoms with Crippen LogP contribution in [0.3, 0.4) is 0 Å². The summed E-state index contributed by atoms with van der Waals surface area (Å²) in [6.07, 6.45) is -1.33. The number of ether oxygens (including phenoxy) is 2. The number of hydrogen-bond acceptors (Lipinski definition) is 4. The van der Waals surface area contributed by atoms with Gasteiger partial charge >= 0.3 is 11.9 Å². The van der Waals surface area contributed by atoms with Gasteiger partial charge in [0.2, 0.25) is 0 Å². The fourth-order valence-corrected chi connectivity index (χ4v) is 0.864. The van der Waals surface area contributed by atoms with Crippen LogP contribution in [-0.2, 0) is 19.1 Å². The van der Waals surface area contributed by atoms with Crippen LogP contribution in [0.15, 0.2) is 12.2 Å². The zero-order valence-electron chi connectivity index (χ0n) is 10.8. The average Bonchev–Trinajstić information content (AvgIpc) is 2.22. The molecule has 0 aromatic heterocycles. The van der Waals surface area contributed by atoms with E-state index in [0.29, 0.717) is 6.92 Å². The Morgan fingerprint density at radius 1 is 1.39 bits per heavy atom. The summed E-state index contributed by atoms with van der Waals surface area (Å²) < 4.78 is 34.7. The van der Waals surface area contributed by atoms with E-state index in [1.54, 1.807) is 0 Å². The van der Waals surface area contributed by atoms with Gasteiger partial charge in [0, 0.05) is 18.9 Å². The standard InChI is InChI=1S/C12H18F2O4/c1-8(2)11(16)17-7-5-6-10(15)18-9(3)12(4,13)14/h9H,1,5-7H2,2-4H3. The summed E-state index contributed by atoms with van der Waals surface area (Å²) in [5.41, 5.74) is 0.261. The van der Waals surface area contributed by atoms with Crippen molar-refractivity contribution in [3.05, 3.63) is 12.2 Å². The van der Waals surface area contributed by atoms with Crippen molar-refractivity contribution in [3.63, 3.8) is 0 Å². The number of alkyl halides is 2. The fourth-order valence-electron chi connectivity index (χ4n) is 0.864. The molecule has 6 heteroatoms. The van der Waals surface area contributed by atoms with E-state index in [1.807, 2.05) is 0 Å². The first-order valence-corrected chi connectivity index (χ1v) is 5.54. The van der Waals surface area contributed by atoms with Crippen LogP contribution in [0.4, 0.5) is 8.78 Å². The van der Waals surface area contributed by atoms with Gasteiger partial charge < -0.3 is 9.47 Å². The minimum atomic E-state index is -3.07. The van der Waals surface area contributed by atoms with Crippen LogP contribution in [0.1, 0.15) is 33.6 Å². The molecular weight excluding hydrogens is 246 g/mol. The molecule has 0 aliphatic carbocycles. The molecule has 18 heavy (non-hydrogen) atoms. The van der Waals surface area contributed by atoms with Gasteiger partial charge in [0.15, 0.2) is 6.10 Å². The Kier molecular flexibility index (Phi) is 6.51. The van der Waals surface area contributed by atoms with Crippen molar-refractivity contribution in [1.82, 2.24) is 0 Å². The minimum Gasteiger partial charge on any atom is -0.462 e. The van der Waals surface area contributed by atoms with Gasteiger partial charge in [-0.15, -0.1) is 0 Å². The van der Waals surface area contributed by atoms with Crippen molar-refractivity contribution < 1.29 is 27.8 Å². The molecule has 0 radical (unpaired) electrons. The van der Waals surface area contributed by atoms with E-state index < -0.39 is 24.0 Å². The van der Waals surface area contributed by atoms with E-state index in [4.69, 9.17) is 4.74 Å². The van der Waals surface area contributed by atoms with Crippen LogP contribution in [0.5, 0.6) is 0 Å². The molecule has 0 rings (SSSR count). The van der Waals surface area contributed by atoms with Crippen LogP contribution in [0.2, 0.25) is 0 Å². The molecule has 0 aliphatic heterocycles. The highest BCUT2D eigenvalue weighted by Gasteiger charge is 2.33. The summed E-state index contributed by atoms with van der Waals surface area (Å²) in [6.45, 7) is 6.72. The predicted octanol–water partition coefficient (Wildman–Crippen LogP) is 2.47. The quantitative estimate of drug-likeness (QED) is 0.402. The Bertz CT molecular complexity index is 321. The van der Waals surface area contributed by atoms with Crippen molar-refractivity contribution >= 4 is 11.9 Å². The number of carbonyl (C=O) groups excluding carboxylic acids is 2. The Labute approximate surface area is 105 Å². The molecule has 0 saturated heterocycles. The van der Waals surface area contributed by atoms with E-state index in [2.05, 4.69) is 11.3 Å². The van der Waals surface area contributed by atoms with Gasteiger partial charge in [0.05, 0.1) is 6.61 Å². The van der Waals surface area contributed by atoms with Crippen LogP contribution in [0.25, 0.3) is 0 Å². The second-order valence-electron chi connectivity index (χ2n) is 4.11. The molecule has 0 aromatic rings. The molecule has 0 N–H and O–H groups in total. The van der Waals surface area contributed by atoms with Gasteiger partial charge in [0.1, 0.15) is 0 Å². The maximum Gasteiger partial charge on any atom is 0.333 e. The molecule has 0 heterocycles. The molecule has 0 saturated carbocycles. The Morgan fingerprint density at radius 3 is 2.39 bits per heavy atom. The lowest BCUT2D eigenvalue weighted by atomic mass is 10.2. The predicted molar refractivity (Wildman–Crippen MR) is 61.2 cm³/mol. The third-order valence-corrected chi connectivity index (χ3v) is 2.13. The highest BCUT2D eigenvalue weighted by Crippen LogP contribution is 2.20. The lowest BCUT2D eigenvalue weighted by Gasteiger charge is -2.19. The molecule has 4 nitrogen and oxygen atoms in total. The third-order valence-electron chi connectivity index (χ3n) is 2.13. The summed E-state index contributed by atoms with van der Waals surface area (Å²) in [6, 6.07) is 0. The molecule has 0 aromatic carbocycles. The first kappa shape index (κ1) is 16.5. The van der Waals surface area contributed by atoms with Gasteiger partial charge in [-0.3, -0.25) is 4.79 Å². The Morgan fingerprint density at radius 2 is 1.94 bits per heavy atom. The van der Waals surface area contributed by atoms with Gasteiger partial charge in [-0.1, -0.05) is 6.58 Å². The zero-order valence-corrected chi connectivity index (χ0v) is 10.8. The van der Waals surface area contributed by atoms with Gasteiger partial charge in [-0.05, 0) is 20.3 Å². The molecule has 0 amide bonds. The van der Waals surface area contributed by atoms with Crippen LogP contribution in [-0.4, -0.2) is 30.6 Å². The van der Waals surface area contributed by atoms with Gasteiger partial charge in [-0.2, -0.15) is 0 Å². The van der Waals surface area contributed by atoms with E-state index in [9.17, 15) is 18.4 Å². The molecule has 0 fully saturated rings. The van der Waals surface area contributed by atoms with Crippen molar-refractivity contribution in [1.29, 1.82) is 0 Å². The van der Waals surface area contributed by atoms with Crippen molar-refractivity contribution in [2.45, 2.75) is 45.6 Å². The van der Waals surface area contributed by atoms with E-state index in [1.165, 1.54) is 6.92 Å². The third kappa shape index (κ3) is 6.98. The summed E-state index contributed by atoms with van der Waals surface area (Å²) >= 11 is 0. The van der Waals surface area contributed by atoms with Crippen molar-refractivity contribution in [2.75, 3.05) is 6.61 Å². The molecule has 0 bridgehead atoms. The summed E-state index contributed by atoms with van der Waals surface area (Å²) in [5, 5.41) is 0. The number of esters is 2. The first-order chi connectivity index (χ1) is 8.14. The smallest absolute Gasteiger partial charge is 0.333 e. The maximum atomic E-state index is 12.7. The number of halogens is 2. The van der Waals surface area contributed by atoms with E-state index in [-0.39, 0.29) is 25.0 Å². The molecule has 0 aliphatic rings. The molecule has 1 unspecified atom stereocenters. The minimum absolute atomic E-state index is 0.0255. The SMILES string of the molecule is C=C(C)C(=O)OCCCC(=O)OC(C)C(C)(F)F. The van der Waals surface area contributed by atoms with Crippen LogP contribution >= 0.6 is 0 Å². The van der Waals surface area contributed by atoms with Crippen molar-refractivity contribution in [3.8, 4) is 0 Å². The monoisotopic (exact) mass is 264 g/mol. The highest BCUT2D eigenvalue weighted by molar-refractivity contribution is 5.86. The van der Waals surface area contributed by atoms with Gasteiger partial charge in [-0.25, -0.2) is 13.6 Å². The van der Waals surface area contributed by atoms with E-state index >= 15 is 0 Å². The average molecular weight is 264 g/mol. The maximum absolute atomic E-state index is 12.7. The normalized spacial score (nSPS) is 12.7. The lowest BCUT2D eigenvalue weighted by Crippen LogP contribution is -2.32. The summed E-state index contributed by atoms with van der Waals surface area (Å²) in [7, 11) is 0. The molecule has 1 atom stereocenters. The van der Waals surface area contributed by atoms with E-state index in [0.717, 1.165) is 6.92 Å². The number of carbonyl (C=O) groups is 2. The Hall–Kier alpha value is -1.46. The molecular formula is C12H18F2O4. The number of hydrogen-bond donors (Lipinski definition) is 0. The van der Waals surface area contributed by atoms with Crippen LogP contribution in [0, 0.1) is 0 Å². The Balaban J connectivity index is 3.79.